The minimum Gasteiger partial charge on any atom is -0.497 e. The first-order chi connectivity index (χ1) is 26.5. The number of ketones is 1. The quantitative estimate of drug-likeness (QED) is 0.163. The minimum absolute atomic E-state index is 0.0685. The minimum atomic E-state index is -3.95. The Hall–Kier alpha value is -4.99. The predicted molar refractivity (Wildman–Crippen MR) is 206 cm³/mol. The molecule has 1 aliphatic heterocycles. The van der Waals surface area contributed by atoms with Gasteiger partial charge < -0.3 is 24.8 Å². The van der Waals surface area contributed by atoms with Crippen LogP contribution in [0.3, 0.4) is 0 Å². The second-order valence-electron chi connectivity index (χ2n) is 16.3. The lowest BCUT2D eigenvalue weighted by Crippen LogP contribution is -2.61. The first kappa shape index (κ1) is 40.7. The molecule has 4 fully saturated rings. The summed E-state index contributed by atoms with van der Waals surface area (Å²) >= 11 is 0. The number of methoxy groups -OCH3 is 1. The molecule has 4 amide bonds. The van der Waals surface area contributed by atoms with Crippen LogP contribution in [0.15, 0.2) is 55.3 Å². The van der Waals surface area contributed by atoms with Crippen molar-refractivity contribution in [2.75, 3.05) is 13.7 Å². The van der Waals surface area contributed by atoms with Crippen LogP contribution in [-0.4, -0.2) is 106 Å². The van der Waals surface area contributed by atoms with Crippen molar-refractivity contribution in [1.29, 1.82) is 0 Å². The summed E-state index contributed by atoms with van der Waals surface area (Å²) in [7, 11) is -2.40. The topological polar surface area (TPSA) is 202 Å². The highest BCUT2D eigenvalue weighted by molar-refractivity contribution is 7.91. The summed E-state index contributed by atoms with van der Waals surface area (Å²) < 4.78 is 39.4. The highest BCUT2D eigenvalue weighted by Crippen LogP contribution is 2.45. The zero-order chi connectivity index (χ0) is 40.6. The molecule has 6 rings (SSSR count). The number of rotatable bonds is 16. The molecule has 3 N–H and O–H groups in total. The van der Waals surface area contributed by atoms with Crippen molar-refractivity contribution in [1.82, 2.24) is 24.8 Å². The fourth-order valence-electron chi connectivity index (χ4n) is 7.58. The molecule has 1 saturated heterocycles. The van der Waals surface area contributed by atoms with Gasteiger partial charge in [-0.05, 0) is 101 Å². The maximum absolute atomic E-state index is 14.8. The molecule has 56 heavy (non-hydrogen) atoms. The van der Waals surface area contributed by atoms with E-state index in [1.165, 1.54) is 17.1 Å². The largest absolute Gasteiger partial charge is 0.497 e. The Bertz CT molecular complexity index is 2040. The van der Waals surface area contributed by atoms with Gasteiger partial charge in [-0.3, -0.25) is 28.8 Å². The Kier molecular flexibility index (Phi) is 11.5. The molecule has 3 saturated carbocycles. The van der Waals surface area contributed by atoms with Crippen LogP contribution < -0.4 is 19.5 Å². The van der Waals surface area contributed by atoms with Gasteiger partial charge in [0, 0.05) is 35.9 Å². The number of hydrogen-bond acceptors (Lipinski definition) is 10. The Morgan fingerprint density at radius 3 is 2.46 bits per heavy atom. The lowest BCUT2D eigenvalue weighted by Gasteiger charge is -2.41. The molecule has 1 aromatic carbocycles. The van der Waals surface area contributed by atoms with E-state index in [1.807, 2.05) is 12.1 Å². The molecule has 0 spiro atoms. The summed E-state index contributed by atoms with van der Waals surface area (Å²) in [5, 5.41) is 14.0. The molecular weight excluding hydrogens is 743 g/mol. The van der Waals surface area contributed by atoms with Gasteiger partial charge in [0.15, 0.2) is 5.78 Å². The van der Waals surface area contributed by atoms with Gasteiger partial charge in [-0.15, -0.1) is 6.58 Å². The molecule has 0 unspecified atom stereocenters. The number of nitrogens with zero attached hydrogens (tertiary/aromatic N) is 3. The fourth-order valence-corrected chi connectivity index (χ4v) is 8.95. The van der Waals surface area contributed by atoms with Crippen LogP contribution in [0.1, 0.15) is 78.6 Å². The second-order valence-corrected chi connectivity index (χ2v) is 18.2. The van der Waals surface area contributed by atoms with E-state index in [-0.39, 0.29) is 43.9 Å². The van der Waals surface area contributed by atoms with Crippen LogP contribution in [0.2, 0.25) is 0 Å². The van der Waals surface area contributed by atoms with E-state index in [1.54, 1.807) is 52.3 Å². The van der Waals surface area contributed by atoms with E-state index in [2.05, 4.69) is 21.6 Å². The van der Waals surface area contributed by atoms with Gasteiger partial charge in [-0.1, -0.05) is 18.6 Å². The molecule has 2 heterocycles. The van der Waals surface area contributed by atoms with E-state index < -0.39 is 74.3 Å². The number of aromatic nitrogens is 1. The average Bonchev–Trinajstić information content (AvgIpc) is 4.05. The van der Waals surface area contributed by atoms with Crippen LogP contribution in [0, 0.1) is 11.8 Å². The molecule has 4 aliphatic rings. The van der Waals surface area contributed by atoms with Crippen LogP contribution in [0.25, 0.3) is 10.8 Å². The number of sulfonamides is 1. The van der Waals surface area contributed by atoms with E-state index in [4.69, 9.17) is 9.47 Å². The summed E-state index contributed by atoms with van der Waals surface area (Å²) in [5.41, 5.74) is -2.71. The van der Waals surface area contributed by atoms with Crippen LogP contribution in [-0.2, 0) is 29.2 Å². The van der Waals surface area contributed by atoms with Crippen molar-refractivity contribution >= 4 is 50.4 Å². The molecule has 302 valence electrons. The van der Waals surface area contributed by atoms with Gasteiger partial charge in [0.1, 0.15) is 29.5 Å². The van der Waals surface area contributed by atoms with E-state index in [0.29, 0.717) is 29.9 Å². The zero-order valence-electron chi connectivity index (χ0n) is 32.2. The number of likely N-dealkylation sites (tertiary alicyclic amines) is 1. The highest BCUT2D eigenvalue weighted by atomic mass is 32.2. The van der Waals surface area contributed by atoms with E-state index in [9.17, 15) is 37.5 Å². The molecule has 15 nitrogen and oxygen atoms in total. The molecule has 16 heteroatoms. The molecule has 2 aromatic rings. The van der Waals surface area contributed by atoms with Crippen molar-refractivity contribution in [2.45, 2.75) is 113 Å². The van der Waals surface area contributed by atoms with Crippen molar-refractivity contribution in [3.8, 4) is 11.6 Å². The van der Waals surface area contributed by atoms with Crippen molar-refractivity contribution in [2.24, 2.45) is 11.8 Å². The first-order valence-corrected chi connectivity index (χ1v) is 20.7. The smallest absolute Gasteiger partial charge is 0.408 e. The SMILES string of the molecule is C=C[C@@H]1C[C@]1(NC(=O)[C@@H]1C[C@@H](Oc2nccc3cc(OC)ccc23)CN1C(=O)[C@H](CCC(=O)C=CC1CCC1)N(C(=O)O)C(C)(C)C)C(=O)NS(=O)(=O)C1CC1. The van der Waals surface area contributed by atoms with Gasteiger partial charge in [0.05, 0.1) is 18.9 Å². The summed E-state index contributed by atoms with van der Waals surface area (Å²) in [4.78, 5) is 75.3. The van der Waals surface area contributed by atoms with Crippen molar-refractivity contribution in [3.05, 3.63) is 55.3 Å². The zero-order valence-corrected chi connectivity index (χ0v) is 33.0. The number of carbonyl (C=O) groups is 5. The number of amides is 4. The standard InChI is InChI=1S/C40H51N5O10S/c1-6-26-22-40(26,37(49)43-56(52,53)30-14-15-30)42-34(47)33-21-29(55-35-31-16-13-28(54-5)20-25(31)18-19-41-35)23-44(33)36(48)32(45(38(50)51)39(2,3)4)17-12-27(46)11-10-24-8-7-9-24/h6,10-11,13,16,18-20,24,26,29-30,32-33H,1,7-9,12,14-15,17,21-23H2,2-5H3,(H,42,47)(H,43,49)(H,50,51)/t26-,29-,32+,33+,40-/m1/s1. The predicted octanol–water partition coefficient (Wildman–Crippen LogP) is 4.11. The number of ether oxygens (including phenoxy) is 2. The Balaban J connectivity index is 1.31. The number of hydrogen-bond donors (Lipinski definition) is 3. The van der Waals surface area contributed by atoms with Crippen LogP contribution >= 0.6 is 0 Å². The molecular formula is C40H51N5O10S. The van der Waals surface area contributed by atoms with E-state index >= 15 is 0 Å². The van der Waals surface area contributed by atoms with Gasteiger partial charge >= 0.3 is 6.09 Å². The molecule has 1 aromatic heterocycles. The number of pyridine rings is 1. The lowest BCUT2D eigenvalue weighted by atomic mass is 9.85. The Morgan fingerprint density at radius 1 is 1.14 bits per heavy atom. The third kappa shape index (κ3) is 8.69. The van der Waals surface area contributed by atoms with Gasteiger partial charge in [-0.25, -0.2) is 18.2 Å². The Morgan fingerprint density at radius 2 is 1.88 bits per heavy atom. The third-order valence-electron chi connectivity index (χ3n) is 11.2. The third-order valence-corrected chi connectivity index (χ3v) is 13.0. The summed E-state index contributed by atoms with van der Waals surface area (Å²) in [6.07, 6.45) is 7.89. The van der Waals surface area contributed by atoms with Crippen LogP contribution in [0.5, 0.6) is 11.6 Å². The molecule has 5 atom stereocenters. The maximum Gasteiger partial charge on any atom is 0.408 e. The summed E-state index contributed by atoms with van der Waals surface area (Å²) in [6, 6.07) is 4.48. The van der Waals surface area contributed by atoms with Crippen molar-refractivity contribution < 1.29 is 47.0 Å². The number of carboxylic acid groups (broad SMARTS) is 1. The summed E-state index contributed by atoms with van der Waals surface area (Å²) in [5.74, 6) is -2.00. The summed E-state index contributed by atoms with van der Waals surface area (Å²) in [6.45, 7) is 8.52. The first-order valence-electron chi connectivity index (χ1n) is 19.1. The fraction of sp³-hybridized carbons (Fsp3) is 0.550. The number of allylic oxidation sites excluding steroid dienone is 2. The Labute approximate surface area is 326 Å². The molecule has 0 bridgehead atoms. The number of nitrogens with one attached hydrogen (secondary N) is 2. The van der Waals surface area contributed by atoms with Crippen LogP contribution in [0.4, 0.5) is 4.79 Å². The maximum atomic E-state index is 14.8. The van der Waals surface area contributed by atoms with E-state index in [0.717, 1.165) is 29.5 Å². The highest BCUT2D eigenvalue weighted by Gasteiger charge is 2.62. The average molecular weight is 794 g/mol. The lowest BCUT2D eigenvalue weighted by molar-refractivity contribution is -0.144. The number of fused-ring (bicyclic) bond motifs is 1. The number of benzene rings is 1. The van der Waals surface area contributed by atoms with Gasteiger partial charge in [0.25, 0.3) is 5.91 Å². The van der Waals surface area contributed by atoms with Gasteiger partial charge in [-0.2, -0.15) is 0 Å². The molecule has 3 aliphatic carbocycles. The molecule has 0 radical (unpaired) electrons. The monoisotopic (exact) mass is 793 g/mol. The second kappa shape index (κ2) is 15.9. The normalized spacial score (nSPS) is 24.2. The van der Waals surface area contributed by atoms with Crippen molar-refractivity contribution in [3.63, 3.8) is 0 Å². The number of carbonyl (C=O) groups excluding carboxylic acids is 4. The van der Waals surface area contributed by atoms with Gasteiger partial charge in [0.2, 0.25) is 27.7 Å².